The third-order valence-electron chi connectivity index (χ3n) is 3.53. The van der Waals surface area contributed by atoms with Crippen molar-refractivity contribution < 1.29 is 9.59 Å². The maximum Gasteiger partial charge on any atom is 0.275 e. The van der Waals surface area contributed by atoms with E-state index in [0.717, 1.165) is 18.7 Å². The molecular weight excluding hydrogens is 266 g/mol. The van der Waals surface area contributed by atoms with E-state index < -0.39 is 0 Å². The van der Waals surface area contributed by atoms with Gasteiger partial charge in [-0.25, -0.2) is 0 Å². The standard InChI is InChI=1S/C16H17N3O2/c1-2-9-18-10-5-8-14(18)16(21)19-11-15(20)17-12-6-3-4-7-13(12)19/h3-8,10H,2,9,11H2,1H3,(H,17,20). The molecule has 1 N–H and O–H groups in total. The molecule has 2 aromatic rings. The Bertz CT molecular complexity index is 690. The van der Waals surface area contributed by atoms with Crippen LogP contribution in [0.25, 0.3) is 0 Å². The fourth-order valence-electron chi connectivity index (χ4n) is 2.60. The Hall–Kier alpha value is -2.56. The van der Waals surface area contributed by atoms with E-state index >= 15 is 0 Å². The van der Waals surface area contributed by atoms with Crippen LogP contribution in [0.15, 0.2) is 42.6 Å². The molecule has 21 heavy (non-hydrogen) atoms. The lowest BCUT2D eigenvalue weighted by Crippen LogP contribution is -2.42. The summed E-state index contributed by atoms with van der Waals surface area (Å²) in [6, 6.07) is 11.0. The minimum absolute atomic E-state index is 0.0488. The van der Waals surface area contributed by atoms with E-state index in [4.69, 9.17) is 0 Å². The number of fused-ring (bicyclic) bond motifs is 1. The van der Waals surface area contributed by atoms with Gasteiger partial charge in [-0.15, -0.1) is 0 Å². The molecule has 1 aromatic carbocycles. The molecular formula is C16H17N3O2. The predicted molar refractivity (Wildman–Crippen MR) is 81.5 cm³/mol. The maximum atomic E-state index is 12.8. The number of nitrogens with one attached hydrogen (secondary N) is 1. The summed E-state index contributed by atoms with van der Waals surface area (Å²) in [5.74, 6) is -0.314. The van der Waals surface area contributed by atoms with Gasteiger partial charge < -0.3 is 9.88 Å². The highest BCUT2D eigenvalue weighted by molar-refractivity contribution is 6.14. The topological polar surface area (TPSA) is 54.3 Å². The molecule has 0 aliphatic carbocycles. The van der Waals surface area contributed by atoms with Gasteiger partial charge in [0.25, 0.3) is 5.91 Å². The van der Waals surface area contributed by atoms with Crippen LogP contribution < -0.4 is 10.2 Å². The van der Waals surface area contributed by atoms with Crippen LogP contribution in [0, 0.1) is 0 Å². The zero-order valence-electron chi connectivity index (χ0n) is 11.9. The van der Waals surface area contributed by atoms with Crippen LogP contribution >= 0.6 is 0 Å². The van der Waals surface area contributed by atoms with Gasteiger partial charge in [-0.05, 0) is 30.7 Å². The monoisotopic (exact) mass is 283 g/mol. The second-order valence-corrected chi connectivity index (χ2v) is 5.04. The molecule has 1 aromatic heterocycles. The van der Waals surface area contributed by atoms with Crippen molar-refractivity contribution >= 4 is 23.2 Å². The Labute approximate surface area is 123 Å². The van der Waals surface area contributed by atoms with Crippen molar-refractivity contribution in [1.82, 2.24) is 4.57 Å². The molecule has 0 atom stereocenters. The third-order valence-corrected chi connectivity index (χ3v) is 3.53. The summed E-state index contributed by atoms with van der Waals surface area (Å²) in [6.07, 6.45) is 2.85. The quantitative estimate of drug-likeness (QED) is 0.941. The Kier molecular flexibility index (Phi) is 3.48. The van der Waals surface area contributed by atoms with Crippen molar-refractivity contribution in [2.45, 2.75) is 19.9 Å². The summed E-state index contributed by atoms with van der Waals surface area (Å²) >= 11 is 0. The smallest absolute Gasteiger partial charge is 0.275 e. The Morgan fingerprint density at radius 2 is 2.05 bits per heavy atom. The van der Waals surface area contributed by atoms with Gasteiger partial charge in [-0.1, -0.05) is 19.1 Å². The van der Waals surface area contributed by atoms with E-state index in [9.17, 15) is 9.59 Å². The fraction of sp³-hybridized carbons (Fsp3) is 0.250. The summed E-state index contributed by atoms with van der Waals surface area (Å²) in [5.41, 5.74) is 2.03. The molecule has 2 heterocycles. The van der Waals surface area contributed by atoms with Crippen molar-refractivity contribution in [2.24, 2.45) is 0 Å². The van der Waals surface area contributed by atoms with Gasteiger partial charge in [0.2, 0.25) is 5.91 Å². The van der Waals surface area contributed by atoms with Crippen LogP contribution in [0.2, 0.25) is 0 Å². The SMILES string of the molecule is CCCn1cccc1C(=O)N1CC(=O)Nc2ccccc21. The number of carbonyl (C=O) groups excluding carboxylic acids is 2. The molecule has 108 valence electrons. The van der Waals surface area contributed by atoms with Gasteiger partial charge >= 0.3 is 0 Å². The molecule has 5 heteroatoms. The highest BCUT2D eigenvalue weighted by Gasteiger charge is 2.28. The van der Waals surface area contributed by atoms with Crippen LogP contribution in [0.4, 0.5) is 11.4 Å². The van der Waals surface area contributed by atoms with E-state index in [1.165, 1.54) is 4.90 Å². The molecule has 0 fully saturated rings. The van der Waals surface area contributed by atoms with Crippen molar-refractivity contribution in [3.63, 3.8) is 0 Å². The first-order valence-electron chi connectivity index (χ1n) is 7.06. The van der Waals surface area contributed by atoms with Crippen molar-refractivity contribution in [1.29, 1.82) is 0 Å². The van der Waals surface area contributed by atoms with Gasteiger partial charge in [0.05, 0.1) is 11.4 Å². The molecule has 1 aliphatic heterocycles. The molecule has 0 saturated carbocycles. The third kappa shape index (κ3) is 2.42. The van der Waals surface area contributed by atoms with Gasteiger partial charge in [0, 0.05) is 12.7 Å². The minimum atomic E-state index is -0.171. The highest BCUT2D eigenvalue weighted by atomic mass is 16.2. The number of para-hydroxylation sites is 2. The predicted octanol–water partition coefficient (Wildman–Crippen LogP) is 2.50. The maximum absolute atomic E-state index is 12.8. The number of amides is 2. The lowest BCUT2D eigenvalue weighted by molar-refractivity contribution is -0.115. The lowest BCUT2D eigenvalue weighted by Gasteiger charge is -2.29. The summed E-state index contributed by atoms with van der Waals surface area (Å²) in [4.78, 5) is 26.1. The number of anilines is 2. The minimum Gasteiger partial charge on any atom is -0.344 e. The van der Waals surface area contributed by atoms with E-state index in [1.54, 1.807) is 12.1 Å². The summed E-state index contributed by atoms with van der Waals surface area (Å²) in [6.45, 7) is 2.90. The lowest BCUT2D eigenvalue weighted by atomic mass is 10.2. The van der Waals surface area contributed by atoms with E-state index in [1.807, 2.05) is 35.0 Å². The fourth-order valence-corrected chi connectivity index (χ4v) is 2.60. The Morgan fingerprint density at radius 1 is 1.24 bits per heavy atom. The van der Waals surface area contributed by atoms with E-state index in [0.29, 0.717) is 11.4 Å². The van der Waals surface area contributed by atoms with Crippen LogP contribution in [0.3, 0.4) is 0 Å². The number of hydrogen-bond donors (Lipinski definition) is 1. The first-order valence-corrected chi connectivity index (χ1v) is 7.06. The summed E-state index contributed by atoms with van der Waals surface area (Å²) in [7, 11) is 0. The average molecular weight is 283 g/mol. The molecule has 0 spiro atoms. The number of rotatable bonds is 3. The molecule has 2 amide bonds. The zero-order valence-corrected chi connectivity index (χ0v) is 11.9. The second-order valence-electron chi connectivity index (χ2n) is 5.04. The average Bonchev–Trinajstić information content (AvgIpc) is 2.94. The van der Waals surface area contributed by atoms with Crippen molar-refractivity contribution in [2.75, 3.05) is 16.8 Å². The highest BCUT2D eigenvalue weighted by Crippen LogP contribution is 2.30. The van der Waals surface area contributed by atoms with Crippen LogP contribution in [0.5, 0.6) is 0 Å². The molecule has 0 unspecified atom stereocenters. The van der Waals surface area contributed by atoms with Gasteiger partial charge in [0.15, 0.2) is 0 Å². The first-order chi connectivity index (χ1) is 10.2. The summed E-state index contributed by atoms with van der Waals surface area (Å²) in [5, 5.41) is 2.79. The second kappa shape index (κ2) is 5.44. The number of hydrogen-bond acceptors (Lipinski definition) is 2. The number of carbonyl (C=O) groups is 2. The van der Waals surface area contributed by atoms with E-state index in [-0.39, 0.29) is 18.4 Å². The molecule has 5 nitrogen and oxygen atoms in total. The summed E-state index contributed by atoms with van der Waals surface area (Å²) < 4.78 is 1.93. The van der Waals surface area contributed by atoms with Gasteiger partial charge in [0.1, 0.15) is 12.2 Å². The van der Waals surface area contributed by atoms with Gasteiger partial charge in [-0.3, -0.25) is 14.5 Å². The number of benzene rings is 1. The van der Waals surface area contributed by atoms with Crippen molar-refractivity contribution in [3.8, 4) is 0 Å². The first kappa shape index (κ1) is 13.4. The number of aryl methyl sites for hydroxylation is 1. The molecule has 3 rings (SSSR count). The Balaban J connectivity index is 1.98. The van der Waals surface area contributed by atoms with Crippen molar-refractivity contribution in [3.05, 3.63) is 48.3 Å². The molecule has 0 bridgehead atoms. The number of aromatic nitrogens is 1. The normalized spacial score (nSPS) is 13.8. The molecule has 0 saturated heterocycles. The van der Waals surface area contributed by atoms with Crippen LogP contribution in [-0.2, 0) is 11.3 Å². The molecule has 0 radical (unpaired) electrons. The number of nitrogens with zero attached hydrogens (tertiary/aromatic N) is 2. The Morgan fingerprint density at radius 3 is 2.86 bits per heavy atom. The van der Waals surface area contributed by atoms with Crippen LogP contribution in [0.1, 0.15) is 23.8 Å². The van der Waals surface area contributed by atoms with Crippen LogP contribution in [-0.4, -0.2) is 22.9 Å². The molecule has 1 aliphatic rings. The van der Waals surface area contributed by atoms with Gasteiger partial charge in [-0.2, -0.15) is 0 Å². The van der Waals surface area contributed by atoms with E-state index in [2.05, 4.69) is 12.2 Å². The zero-order chi connectivity index (χ0) is 14.8. The largest absolute Gasteiger partial charge is 0.344 e.